The smallest absolute Gasteiger partial charge is 0.226 e. The molecule has 0 fully saturated rings. The van der Waals surface area contributed by atoms with Gasteiger partial charge in [0.2, 0.25) is 5.91 Å². The van der Waals surface area contributed by atoms with Gasteiger partial charge in [-0.3, -0.25) is 4.79 Å². The molecule has 4 heteroatoms. The Kier molecular flexibility index (Phi) is 4.74. The average Bonchev–Trinajstić information content (AvgIpc) is 2.20. The molecule has 1 aromatic carbocycles. The predicted octanol–water partition coefficient (Wildman–Crippen LogP) is 2.45. The summed E-state index contributed by atoms with van der Waals surface area (Å²) >= 11 is 5.80. The highest BCUT2D eigenvalue weighted by atomic mass is 35.5. The molecule has 1 atom stereocenters. The molecular formula is C12H15ClFNO. The number of amides is 1. The van der Waals surface area contributed by atoms with Gasteiger partial charge in [0.1, 0.15) is 5.82 Å². The number of alkyl halides is 1. The largest absolute Gasteiger partial charge is 0.344 e. The Morgan fingerprint density at radius 3 is 2.50 bits per heavy atom. The number of halogens is 2. The van der Waals surface area contributed by atoms with Crippen molar-refractivity contribution in [3.05, 3.63) is 35.6 Å². The zero-order valence-corrected chi connectivity index (χ0v) is 10.2. The van der Waals surface area contributed by atoms with Crippen molar-refractivity contribution in [2.24, 2.45) is 0 Å². The second-order valence-electron chi connectivity index (χ2n) is 3.86. The van der Waals surface area contributed by atoms with E-state index in [9.17, 15) is 9.18 Å². The fourth-order valence-electron chi connectivity index (χ4n) is 1.39. The maximum absolute atomic E-state index is 12.6. The van der Waals surface area contributed by atoms with Crippen LogP contribution in [0.5, 0.6) is 0 Å². The SMILES string of the molecule is CC(Cl)CN(C)C(=O)Cc1ccc(F)cc1. The van der Waals surface area contributed by atoms with Gasteiger partial charge in [0.25, 0.3) is 0 Å². The van der Waals surface area contributed by atoms with Crippen LogP contribution in [-0.4, -0.2) is 29.8 Å². The molecule has 2 nitrogen and oxygen atoms in total. The topological polar surface area (TPSA) is 20.3 Å². The molecule has 16 heavy (non-hydrogen) atoms. The van der Waals surface area contributed by atoms with E-state index in [1.165, 1.54) is 12.1 Å². The van der Waals surface area contributed by atoms with Crippen LogP contribution in [0.25, 0.3) is 0 Å². The van der Waals surface area contributed by atoms with Crippen LogP contribution in [0.4, 0.5) is 4.39 Å². The van der Waals surface area contributed by atoms with E-state index in [4.69, 9.17) is 11.6 Å². The van der Waals surface area contributed by atoms with E-state index in [0.717, 1.165) is 5.56 Å². The Morgan fingerprint density at radius 1 is 1.44 bits per heavy atom. The Hall–Kier alpha value is -1.09. The van der Waals surface area contributed by atoms with Gasteiger partial charge in [0.05, 0.1) is 6.42 Å². The van der Waals surface area contributed by atoms with Gasteiger partial charge in [0, 0.05) is 19.0 Å². The molecule has 0 aliphatic rings. The van der Waals surface area contributed by atoms with E-state index in [2.05, 4.69) is 0 Å². The van der Waals surface area contributed by atoms with Gasteiger partial charge in [-0.05, 0) is 24.6 Å². The van der Waals surface area contributed by atoms with Crippen molar-refractivity contribution in [2.45, 2.75) is 18.7 Å². The number of likely N-dealkylation sites (N-methyl/N-ethyl adjacent to an activating group) is 1. The van der Waals surface area contributed by atoms with Gasteiger partial charge in [-0.15, -0.1) is 11.6 Å². The lowest BCUT2D eigenvalue weighted by atomic mass is 10.1. The highest BCUT2D eigenvalue weighted by Crippen LogP contribution is 2.06. The number of rotatable bonds is 4. The quantitative estimate of drug-likeness (QED) is 0.744. The summed E-state index contributed by atoms with van der Waals surface area (Å²) in [6.07, 6.45) is 0.278. The molecular weight excluding hydrogens is 229 g/mol. The molecule has 1 rings (SSSR count). The lowest BCUT2D eigenvalue weighted by molar-refractivity contribution is -0.129. The standard InChI is InChI=1S/C12H15ClFNO/c1-9(13)8-15(2)12(16)7-10-3-5-11(14)6-4-10/h3-6,9H,7-8H2,1-2H3. The van der Waals surface area contributed by atoms with Crippen molar-refractivity contribution in [2.75, 3.05) is 13.6 Å². The molecule has 0 aliphatic carbocycles. The van der Waals surface area contributed by atoms with E-state index in [1.54, 1.807) is 24.1 Å². The summed E-state index contributed by atoms with van der Waals surface area (Å²) in [5, 5.41) is -0.0674. The molecule has 1 unspecified atom stereocenters. The van der Waals surface area contributed by atoms with Crippen molar-refractivity contribution < 1.29 is 9.18 Å². The van der Waals surface area contributed by atoms with Crippen LogP contribution in [0.15, 0.2) is 24.3 Å². The van der Waals surface area contributed by atoms with Crippen LogP contribution in [0, 0.1) is 5.82 Å². The van der Waals surface area contributed by atoms with Gasteiger partial charge >= 0.3 is 0 Å². The molecule has 0 saturated carbocycles. The van der Waals surface area contributed by atoms with E-state index < -0.39 is 0 Å². The van der Waals surface area contributed by atoms with Gasteiger partial charge < -0.3 is 4.90 Å². The number of hydrogen-bond donors (Lipinski definition) is 0. The molecule has 0 saturated heterocycles. The molecule has 0 bridgehead atoms. The number of carbonyl (C=O) groups excluding carboxylic acids is 1. The molecule has 1 amide bonds. The van der Waals surface area contributed by atoms with Crippen molar-refractivity contribution >= 4 is 17.5 Å². The fourth-order valence-corrected chi connectivity index (χ4v) is 1.60. The first kappa shape index (κ1) is 13.0. The highest BCUT2D eigenvalue weighted by molar-refractivity contribution is 6.20. The minimum atomic E-state index is -0.293. The zero-order valence-electron chi connectivity index (χ0n) is 9.41. The van der Waals surface area contributed by atoms with Crippen molar-refractivity contribution in [3.8, 4) is 0 Å². The summed E-state index contributed by atoms with van der Waals surface area (Å²) in [6.45, 7) is 2.35. The Balaban J connectivity index is 2.54. The Morgan fingerprint density at radius 2 is 2.00 bits per heavy atom. The van der Waals surface area contributed by atoms with Gasteiger partial charge in [0.15, 0.2) is 0 Å². The maximum atomic E-state index is 12.6. The summed E-state index contributed by atoms with van der Waals surface area (Å²) in [4.78, 5) is 13.3. The third kappa shape index (κ3) is 4.19. The minimum absolute atomic E-state index is 0.0147. The summed E-state index contributed by atoms with van der Waals surface area (Å²) in [6, 6.07) is 5.94. The molecule has 0 N–H and O–H groups in total. The monoisotopic (exact) mass is 243 g/mol. The molecule has 0 aliphatic heterocycles. The molecule has 0 heterocycles. The first-order valence-electron chi connectivity index (χ1n) is 5.11. The normalized spacial score (nSPS) is 12.2. The number of nitrogens with zero attached hydrogens (tertiary/aromatic N) is 1. The second-order valence-corrected chi connectivity index (χ2v) is 4.60. The minimum Gasteiger partial charge on any atom is -0.344 e. The Labute approximate surface area is 100 Å². The van der Waals surface area contributed by atoms with E-state index >= 15 is 0 Å². The first-order valence-corrected chi connectivity index (χ1v) is 5.55. The molecule has 0 radical (unpaired) electrons. The lowest BCUT2D eigenvalue weighted by Crippen LogP contribution is -2.32. The molecule has 0 aromatic heterocycles. The molecule has 88 valence electrons. The predicted molar refractivity (Wildman–Crippen MR) is 63.1 cm³/mol. The number of hydrogen-bond acceptors (Lipinski definition) is 1. The molecule has 1 aromatic rings. The average molecular weight is 244 g/mol. The highest BCUT2D eigenvalue weighted by Gasteiger charge is 2.11. The van der Waals surface area contributed by atoms with Crippen LogP contribution in [0.3, 0.4) is 0 Å². The first-order chi connectivity index (χ1) is 7.49. The van der Waals surface area contributed by atoms with Crippen molar-refractivity contribution in [1.29, 1.82) is 0 Å². The second kappa shape index (κ2) is 5.85. The lowest BCUT2D eigenvalue weighted by Gasteiger charge is -2.18. The van der Waals surface area contributed by atoms with E-state index in [1.807, 2.05) is 6.92 Å². The summed E-state index contributed by atoms with van der Waals surface area (Å²) < 4.78 is 12.6. The Bertz CT molecular complexity index is 351. The zero-order chi connectivity index (χ0) is 12.1. The summed E-state index contributed by atoms with van der Waals surface area (Å²) in [5.41, 5.74) is 0.806. The van der Waals surface area contributed by atoms with Gasteiger partial charge in [-0.2, -0.15) is 0 Å². The van der Waals surface area contributed by atoms with Crippen LogP contribution in [0.2, 0.25) is 0 Å². The van der Waals surface area contributed by atoms with E-state index in [-0.39, 0.29) is 23.5 Å². The van der Waals surface area contributed by atoms with E-state index in [0.29, 0.717) is 6.54 Å². The van der Waals surface area contributed by atoms with Crippen molar-refractivity contribution in [3.63, 3.8) is 0 Å². The number of carbonyl (C=O) groups is 1. The summed E-state index contributed by atoms with van der Waals surface area (Å²) in [5.74, 6) is -0.307. The maximum Gasteiger partial charge on any atom is 0.226 e. The van der Waals surface area contributed by atoms with Crippen molar-refractivity contribution in [1.82, 2.24) is 4.90 Å². The van der Waals surface area contributed by atoms with Crippen LogP contribution >= 0.6 is 11.6 Å². The number of benzene rings is 1. The summed E-state index contributed by atoms with van der Waals surface area (Å²) in [7, 11) is 1.71. The third-order valence-corrected chi connectivity index (χ3v) is 2.36. The molecule has 0 spiro atoms. The van der Waals surface area contributed by atoms with Gasteiger partial charge in [-0.1, -0.05) is 12.1 Å². The third-order valence-electron chi connectivity index (χ3n) is 2.22. The van der Waals surface area contributed by atoms with Crippen LogP contribution in [-0.2, 0) is 11.2 Å². The van der Waals surface area contributed by atoms with Gasteiger partial charge in [-0.25, -0.2) is 4.39 Å². The van der Waals surface area contributed by atoms with Crippen LogP contribution < -0.4 is 0 Å². The fraction of sp³-hybridized carbons (Fsp3) is 0.417. The van der Waals surface area contributed by atoms with Crippen LogP contribution in [0.1, 0.15) is 12.5 Å².